The third-order valence-corrected chi connectivity index (χ3v) is 4.77. The molecule has 1 aliphatic rings. The van der Waals surface area contributed by atoms with E-state index in [0.717, 1.165) is 22.6 Å². The lowest BCUT2D eigenvalue weighted by Crippen LogP contribution is -2.53. The lowest BCUT2D eigenvalue weighted by molar-refractivity contribution is 0.228. The summed E-state index contributed by atoms with van der Waals surface area (Å²) < 4.78 is 1.45. The summed E-state index contributed by atoms with van der Waals surface area (Å²) >= 11 is 0. The molecule has 27 heavy (non-hydrogen) atoms. The average molecular weight is 357 g/mol. The zero-order chi connectivity index (χ0) is 18.9. The number of rotatable bonds is 3. The van der Waals surface area contributed by atoms with Crippen molar-refractivity contribution in [1.29, 1.82) is 0 Å². The van der Waals surface area contributed by atoms with E-state index in [-0.39, 0.29) is 16.4 Å². The van der Waals surface area contributed by atoms with Crippen molar-refractivity contribution >= 4 is 23.8 Å². The Morgan fingerprint density at radius 1 is 1.00 bits per heavy atom. The molecule has 0 N–H and O–H groups in total. The molecule has 134 valence electrons. The fourth-order valence-corrected chi connectivity index (χ4v) is 3.63. The van der Waals surface area contributed by atoms with Crippen LogP contribution in [0.2, 0.25) is 0 Å². The van der Waals surface area contributed by atoms with Gasteiger partial charge in [-0.15, -0.1) is 4.48 Å². The molecule has 1 aliphatic heterocycles. The van der Waals surface area contributed by atoms with Crippen molar-refractivity contribution in [2.45, 2.75) is 13.8 Å². The Kier molecular flexibility index (Phi) is 4.30. The molecule has 0 fully saturated rings. The number of amides is 1. The van der Waals surface area contributed by atoms with Gasteiger partial charge in [-0.3, -0.25) is 0 Å². The van der Waals surface area contributed by atoms with Gasteiger partial charge in [0.05, 0.1) is 0 Å². The number of imidazole rings is 1. The minimum Gasteiger partial charge on any atom is -0.245 e. The van der Waals surface area contributed by atoms with E-state index in [0.29, 0.717) is 0 Å². The predicted molar refractivity (Wildman–Crippen MR) is 108 cm³/mol. The molecule has 0 spiro atoms. The van der Waals surface area contributed by atoms with Gasteiger partial charge in [0.1, 0.15) is 12.0 Å². The van der Waals surface area contributed by atoms with Crippen LogP contribution in [0.1, 0.15) is 19.4 Å². The number of aliphatic imine (C=N–C) groups is 1. The van der Waals surface area contributed by atoms with Crippen LogP contribution in [0, 0.1) is 5.92 Å². The van der Waals surface area contributed by atoms with Crippen LogP contribution in [0.15, 0.2) is 90.1 Å². The van der Waals surface area contributed by atoms with Gasteiger partial charge in [0.15, 0.2) is 11.4 Å². The lowest BCUT2D eigenvalue weighted by Gasteiger charge is -2.31. The van der Waals surface area contributed by atoms with Crippen LogP contribution in [-0.4, -0.2) is 21.9 Å². The third kappa shape index (κ3) is 2.73. The number of hydrogen-bond acceptors (Lipinski definition) is 3. The largest absolute Gasteiger partial charge is 0.444 e. The fourth-order valence-electron chi connectivity index (χ4n) is 3.63. The Labute approximate surface area is 158 Å². The number of aromatic nitrogens is 2. The molecule has 2 heterocycles. The van der Waals surface area contributed by atoms with E-state index in [1.807, 2.05) is 60.7 Å². The molecule has 1 aromatic heterocycles. The lowest BCUT2D eigenvalue weighted by atomic mass is 10.0. The molecule has 1 unspecified atom stereocenters. The first-order valence-electron chi connectivity index (χ1n) is 8.97. The van der Waals surface area contributed by atoms with Crippen LogP contribution in [0.4, 0.5) is 10.5 Å². The molecule has 1 atom stereocenters. The van der Waals surface area contributed by atoms with Crippen molar-refractivity contribution in [3.8, 4) is 0 Å². The maximum absolute atomic E-state index is 13.7. The van der Waals surface area contributed by atoms with Gasteiger partial charge < -0.3 is 0 Å². The van der Waals surface area contributed by atoms with Crippen molar-refractivity contribution in [1.82, 2.24) is 14.0 Å². The zero-order valence-electron chi connectivity index (χ0n) is 15.4. The second-order valence-electron chi connectivity index (χ2n) is 6.81. The Morgan fingerprint density at radius 2 is 1.67 bits per heavy atom. The van der Waals surface area contributed by atoms with Crippen molar-refractivity contribution in [2.24, 2.45) is 10.9 Å². The fraction of sp³-hybridized carbons (Fsp3) is 0.136. The van der Waals surface area contributed by atoms with Gasteiger partial charge in [0.25, 0.3) is 0 Å². The highest BCUT2D eigenvalue weighted by Crippen LogP contribution is 2.41. The van der Waals surface area contributed by atoms with Crippen LogP contribution in [-0.2, 0) is 0 Å². The first-order chi connectivity index (χ1) is 13.1. The first-order valence-corrected chi connectivity index (χ1v) is 8.97. The molecule has 5 nitrogen and oxygen atoms in total. The van der Waals surface area contributed by atoms with Gasteiger partial charge in [0.2, 0.25) is 6.34 Å². The monoisotopic (exact) mass is 357 g/mol. The molecule has 1 amide bonds. The van der Waals surface area contributed by atoms with Crippen LogP contribution in [0.25, 0.3) is 5.70 Å². The molecule has 0 radical (unpaired) electrons. The summed E-state index contributed by atoms with van der Waals surface area (Å²) in [5, 5.41) is 0. The van der Waals surface area contributed by atoms with Gasteiger partial charge >= 0.3 is 6.03 Å². The Balaban J connectivity index is 2.00. The first kappa shape index (κ1) is 17.1. The number of benzene rings is 2. The molecule has 5 heteroatoms. The molecular formula is C22H21N4O+. The highest BCUT2D eigenvalue weighted by atomic mass is 16.2. The summed E-state index contributed by atoms with van der Waals surface area (Å²) in [5.41, 5.74) is 3.66. The van der Waals surface area contributed by atoms with E-state index in [1.54, 1.807) is 18.7 Å². The summed E-state index contributed by atoms with van der Waals surface area (Å²) in [5.74, 6) is 0.107. The number of carbonyl (C=O) groups is 1. The van der Waals surface area contributed by atoms with E-state index in [1.165, 1.54) is 10.9 Å². The number of quaternary nitrogens is 1. The molecule has 0 aliphatic carbocycles. The number of allylic oxidation sites excluding steroid dienone is 1. The van der Waals surface area contributed by atoms with Crippen LogP contribution >= 0.6 is 0 Å². The van der Waals surface area contributed by atoms with Gasteiger partial charge in [0, 0.05) is 36.0 Å². The maximum Gasteiger partial charge on any atom is 0.444 e. The second-order valence-corrected chi connectivity index (χ2v) is 6.81. The minimum absolute atomic E-state index is 0.0703. The van der Waals surface area contributed by atoms with Gasteiger partial charge in [-0.05, 0) is 0 Å². The van der Waals surface area contributed by atoms with Crippen molar-refractivity contribution < 1.29 is 4.79 Å². The second kappa shape index (κ2) is 6.78. The molecule has 0 bridgehead atoms. The van der Waals surface area contributed by atoms with Gasteiger partial charge in [-0.2, -0.15) is 4.99 Å². The van der Waals surface area contributed by atoms with E-state index >= 15 is 0 Å². The standard InChI is InChI=1S/C22H21N4O/c1-17(2)21-20(18-9-5-3-6-10-18)24-16-26(21,19-11-7-4-8-12-19)22(27)25-14-13-23-15-25/h3-17H,1-2H3/q+1. The smallest absolute Gasteiger partial charge is 0.245 e. The SMILES string of the molecule is CC(C)C1=C(c2ccccc2)N=C[N+]1(C(=O)n1ccnc1)c1ccccc1. The van der Waals surface area contributed by atoms with E-state index in [9.17, 15) is 4.79 Å². The predicted octanol–water partition coefficient (Wildman–Crippen LogP) is 4.93. The highest BCUT2D eigenvalue weighted by molar-refractivity contribution is 6.10. The van der Waals surface area contributed by atoms with E-state index < -0.39 is 0 Å². The Morgan fingerprint density at radius 3 is 2.26 bits per heavy atom. The molecular weight excluding hydrogens is 336 g/mol. The van der Waals surface area contributed by atoms with Crippen molar-refractivity contribution in [3.63, 3.8) is 0 Å². The molecule has 4 rings (SSSR count). The molecule has 3 aromatic rings. The van der Waals surface area contributed by atoms with Gasteiger partial charge in [-0.25, -0.2) is 14.3 Å². The van der Waals surface area contributed by atoms with Crippen molar-refractivity contribution in [2.75, 3.05) is 0 Å². The van der Waals surface area contributed by atoms with Crippen LogP contribution in [0.3, 0.4) is 0 Å². The van der Waals surface area contributed by atoms with Gasteiger partial charge in [-0.1, -0.05) is 62.4 Å². The third-order valence-electron chi connectivity index (χ3n) is 4.77. The minimum atomic E-state index is -0.128. The normalized spacial score (nSPS) is 19.1. The van der Waals surface area contributed by atoms with Crippen LogP contribution in [0.5, 0.6) is 0 Å². The van der Waals surface area contributed by atoms with E-state index in [4.69, 9.17) is 4.99 Å². The molecule has 2 aromatic carbocycles. The summed E-state index contributed by atoms with van der Waals surface area (Å²) in [6, 6.07) is 19.7. The molecule has 0 saturated heterocycles. The Bertz CT molecular complexity index is 1000. The van der Waals surface area contributed by atoms with Crippen molar-refractivity contribution in [3.05, 3.63) is 90.6 Å². The maximum atomic E-state index is 13.7. The number of carbonyl (C=O) groups excluding carboxylic acids is 1. The summed E-state index contributed by atoms with van der Waals surface area (Å²) in [7, 11) is 0. The summed E-state index contributed by atoms with van der Waals surface area (Å²) in [4.78, 5) is 22.5. The summed E-state index contributed by atoms with van der Waals surface area (Å²) in [6.45, 7) is 4.20. The molecule has 0 saturated carbocycles. The topological polar surface area (TPSA) is 47.2 Å². The quantitative estimate of drug-likeness (QED) is 0.624. The zero-order valence-corrected chi connectivity index (χ0v) is 15.4. The number of para-hydroxylation sites is 1. The number of hydrogen-bond donors (Lipinski definition) is 0. The number of nitrogens with zero attached hydrogens (tertiary/aromatic N) is 4. The van der Waals surface area contributed by atoms with E-state index in [2.05, 4.69) is 18.8 Å². The average Bonchev–Trinajstić information content (AvgIpc) is 3.37. The Hall–Kier alpha value is -3.31. The summed E-state index contributed by atoms with van der Waals surface area (Å²) in [6.07, 6.45) is 6.58. The highest BCUT2D eigenvalue weighted by Gasteiger charge is 2.50. The van der Waals surface area contributed by atoms with Crippen LogP contribution < -0.4 is 4.48 Å².